The average Bonchev–Trinajstić information content (AvgIpc) is 2.83. The SMILES string of the molecule is CC(=O)C1[C@H](c2ccccc2)[C@@H](c2ccc3cc(C(=O)O)ccc3c2)[C@H]1c1ccc(C(=O)O)cc1. The van der Waals surface area contributed by atoms with Crippen molar-refractivity contribution in [2.75, 3.05) is 0 Å². The number of Topliss-reactive ketones (excluding diaryl/α,β-unsaturated/α-hetero) is 1. The first kappa shape index (κ1) is 22.5. The third-order valence-electron chi connectivity index (χ3n) is 7.24. The maximum Gasteiger partial charge on any atom is 0.335 e. The number of carbonyl (C=O) groups is 3. The Labute approximate surface area is 202 Å². The van der Waals surface area contributed by atoms with Crippen LogP contribution in [-0.4, -0.2) is 27.9 Å². The molecule has 0 aromatic heterocycles. The van der Waals surface area contributed by atoms with Gasteiger partial charge in [-0.1, -0.05) is 66.7 Å². The Kier molecular flexibility index (Phi) is 5.69. The Morgan fingerprint density at radius 2 is 1.09 bits per heavy atom. The second-order valence-corrected chi connectivity index (χ2v) is 9.18. The molecule has 0 radical (unpaired) electrons. The number of rotatable bonds is 6. The van der Waals surface area contributed by atoms with Crippen molar-refractivity contribution in [3.63, 3.8) is 0 Å². The standard InChI is InChI=1S/C30H24O5/c1-17(31)25-26(18-5-3-2-4-6-18)28(27(25)19-7-9-20(10-8-19)29(32)33)23-13-11-22-16-24(30(34)35)14-12-21(22)15-23/h2-16,25-28H,1H3,(H,32,33)(H,34,35)/t25?,26-,27-,28+/m0/s1. The Hall–Kier alpha value is -4.25. The van der Waals surface area contributed by atoms with Crippen LogP contribution >= 0.6 is 0 Å². The Bertz CT molecular complexity index is 1440. The molecule has 1 aliphatic carbocycles. The Morgan fingerprint density at radius 1 is 0.571 bits per heavy atom. The topological polar surface area (TPSA) is 91.7 Å². The number of hydrogen-bond donors (Lipinski definition) is 2. The van der Waals surface area contributed by atoms with Crippen LogP contribution in [0.15, 0.2) is 91.0 Å². The summed E-state index contributed by atoms with van der Waals surface area (Å²) < 4.78 is 0. The zero-order chi connectivity index (χ0) is 24.7. The van der Waals surface area contributed by atoms with E-state index in [9.17, 15) is 24.6 Å². The van der Waals surface area contributed by atoms with Crippen molar-refractivity contribution in [1.82, 2.24) is 0 Å². The number of benzene rings is 4. The van der Waals surface area contributed by atoms with Gasteiger partial charge in [0.2, 0.25) is 0 Å². The van der Waals surface area contributed by atoms with Crippen molar-refractivity contribution in [2.24, 2.45) is 5.92 Å². The smallest absolute Gasteiger partial charge is 0.335 e. The zero-order valence-corrected chi connectivity index (χ0v) is 19.1. The number of ketones is 1. The van der Waals surface area contributed by atoms with Crippen molar-refractivity contribution in [3.8, 4) is 0 Å². The molecule has 0 spiro atoms. The van der Waals surface area contributed by atoms with Gasteiger partial charge in [-0.2, -0.15) is 0 Å². The van der Waals surface area contributed by atoms with E-state index in [1.54, 1.807) is 31.2 Å². The molecule has 174 valence electrons. The molecule has 0 amide bonds. The number of carboxylic acid groups (broad SMARTS) is 2. The third-order valence-corrected chi connectivity index (χ3v) is 7.24. The van der Waals surface area contributed by atoms with E-state index in [0.29, 0.717) is 0 Å². The minimum Gasteiger partial charge on any atom is -0.478 e. The highest BCUT2D eigenvalue weighted by atomic mass is 16.4. The first-order chi connectivity index (χ1) is 16.8. The number of aromatic carboxylic acids is 2. The monoisotopic (exact) mass is 464 g/mol. The van der Waals surface area contributed by atoms with Crippen molar-refractivity contribution >= 4 is 28.5 Å². The highest BCUT2D eigenvalue weighted by molar-refractivity contribution is 5.94. The van der Waals surface area contributed by atoms with E-state index in [0.717, 1.165) is 27.5 Å². The highest BCUT2D eigenvalue weighted by Crippen LogP contribution is 2.62. The van der Waals surface area contributed by atoms with Gasteiger partial charge in [-0.15, -0.1) is 0 Å². The van der Waals surface area contributed by atoms with E-state index in [-0.39, 0.29) is 40.6 Å². The first-order valence-electron chi connectivity index (χ1n) is 11.5. The molecule has 2 N–H and O–H groups in total. The lowest BCUT2D eigenvalue weighted by molar-refractivity contribution is -0.126. The summed E-state index contributed by atoms with van der Waals surface area (Å²) in [6.45, 7) is 1.63. The van der Waals surface area contributed by atoms with E-state index in [1.807, 2.05) is 48.5 Å². The molecule has 35 heavy (non-hydrogen) atoms. The summed E-state index contributed by atoms with van der Waals surface area (Å²) in [6, 6.07) is 28.0. The third kappa shape index (κ3) is 3.99. The minimum atomic E-state index is -0.984. The van der Waals surface area contributed by atoms with Gasteiger partial charge >= 0.3 is 11.9 Å². The van der Waals surface area contributed by atoms with Crippen LogP contribution in [0.1, 0.15) is 62.1 Å². The molecule has 0 aliphatic heterocycles. The van der Waals surface area contributed by atoms with Crippen molar-refractivity contribution in [1.29, 1.82) is 0 Å². The van der Waals surface area contributed by atoms with Crippen LogP contribution < -0.4 is 0 Å². The molecular formula is C30H24O5. The lowest BCUT2D eigenvalue weighted by atomic mass is 9.50. The molecule has 5 heteroatoms. The quantitative estimate of drug-likeness (QED) is 0.359. The fourth-order valence-corrected chi connectivity index (χ4v) is 5.63. The van der Waals surface area contributed by atoms with Gasteiger partial charge in [0.25, 0.3) is 0 Å². The summed E-state index contributed by atoms with van der Waals surface area (Å²) in [5.41, 5.74) is 3.55. The van der Waals surface area contributed by atoms with Gasteiger partial charge in [-0.3, -0.25) is 4.79 Å². The van der Waals surface area contributed by atoms with Crippen LogP contribution in [0.3, 0.4) is 0 Å². The van der Waals surface area contributed by atoms with Crippen LogP contribution in [-0.2, 0) is 4.79 Å². The van der Waals surface area contributed by atoms with Crippen LogP contribution in [0.25, 0.3) is 10.8 Å². The molecule has 5 nitrogen and oxygen atoms in total. The lowest BCUT2D eigenvalue weighted by Gasteiger charge is -2.52. The number of carboxylic acids is 2. The lowest BCUT2D eigenvalue weighted by Crippen LogP contribution is -2.45. The fraction of sp³-hybridized carbons (Fsp3) is 0.167. The normalized spacial score (nSPS) is 21.3. The first-order valence-corrected chi connectivity index (χ1v) is 11.5. The van der Waals surface area contributed by atoms with Gasteiger partial charge < -0.3 is 10.2 Å². The average molecular weight is 465 g/mol. The van der Waals surface area contributed by atoms with E-state index in [2.05, 4.69) is 18.2 Å². The summed E-state index contributed by atoms with van der Waals surface area (Å²) in [6.07, 6.45) is 0. The van der Waals surface area contributed by atoms with Crippen LogP contribution in [0.4, 0.5) is 0 Å². The van der Waals surface area contributed by atoms with E-state index >= 15 is 0 Å². The fourth-order valence-electron chi connectivity index (χ4n) is 5.63. The van der Waals surface area contributed by atoms with E-state index in [4.69, 9.17) is 0 Å². The molecule has 0 heterocycles. The van der Waals surface area contributed by atoms with Gasteiger partial charge in [-0.25, -0.2) is 9.59 Å². The number of hydrogen-bond acceptors (Lipinski definition) is 3. The highest BCUT2D eigenvalue weighted by Gasteiger charge is 2.54. The predicted molar refractivity (Wildman–Crippen MR) is 133 cm³/mol. The largest absolute Gasteiger partial charge is 0.478 e. The molecule has 1 saturated carbocycles. The Morgan fingerprint density at radius 3 is 1.69 bits per heavy atom. The number of fused-ring (bicyclic) bond motifs is 1. The van der Waals surface area contributed by atoms with Crippen molar-refractivity contribution in [2.45, 2.75) is 24.7 Å². The summed E-state index contributed by atoms with van der Waals surface area (Å²) >= 11 is 0. The zero-order valence-electron chi connectivity index (χ0n) is 19.1. The van der Waals surface area contributed by atoms with Crippen molar-refractivity contribution < 1.29 is 24.6 Å². The minimum absolute atomic E-state index is 0.00512. The molecule has 0 bridgehead atoms. The molecular weight excluding hydrogens is 440 g/mol. The molecule has 1 fully saturated rings. The summed E-state index contributed by atoms with van der Waals surface area (Å²) in [5.74, 6) is -2.19. The van der Waals surface area contributed by atoms with Crippen molar-refractivity contribution in [3.05, 3.63) is 119 Å². The molecule has 0 saturated heterocycles. The van der Waals surface area contributed by atoms with Gasteiger partial charge in [0, 0.05) is 17.8 Å². The second-order valence-electron chi connectivity index (χ2n) is 9.18. The van der Waals surface area contributed by atoms with Crippen LogP contribution in [0.2, 0.25) is 0 Å². The number of carbonyl (C=O) groups excluding carboxylic acids is 1. The molecule has 5 rings (SSSR count). The van der Waals surface area contributed by atoms with Gasteiger partial charge in [0.1, 0.15) is 5.78 Å². The van der Waals surface area contributed by atoms with Gasteiger partial charge in [0.05, 0.1) is 11.1 Å². The van der Waals surface area contributed by atoms with Gasteiger partial charge in [-0.05, 0) is 64.6 Å². The molecule has 4 aromatic carbocycles. The molecule has 1 unspecified atom stereocenters. The maximum atomic E-state index is 12.9. The van der Waals surface area contributed by atoms with E-state index < -0.39 is 11.9 Å². The van der Waals surface area contributed by atoms with Crippen LogP contribution in [0.5, 0.6) is 0 Å². The maximum absolute atomic E-state index is 12.9. The molecule has 4 aromatic rings. The molecule has 1 aliphatic rings. The summed E-state index contributed by atoms with van der Waals surface area (Å²) in [5, 5.41) is 20.4. The van der Waals surface area contributed by atoms with E-state index in [1.165, 1.54) is 0 Å². The second kappa shape index (κ2) is 8.84. The van der Waals surface area contributed by atoms with Crippen LogP contribution in [0, 0.1) is 5.92 Å². The predicted octanol–water partition coefficient (Wildman–Crippen LogP) is 6.11. The van der Waals surface area contributed by atoms with Gasteiger partial charge in [0.15, 0.2) is 0 Å². The summed E-state index contributed by atoms with van der Waals surface area (Å²) in [7, 11) is 0. The Balaban J connectivity index is 1.63. The summed E-state index contributed by atoms with van der Waals surface area (Å²) in [4.78, 5) is 35.6. The molecule has 4 atom stereocenters.